The van der Waals surface area contributed by atoms with Gasteiger partial charge in [0.2, 0.25) is 0 Å². The molecule has 1 heterocycles. The normalized spacial score (nSPS) is 11.7. The van der Waals surface area contributed by atoms with Crippen LogP contribution in [0.25, 0.3) is 21.9 Å². The van der Waals surface area contributed by atoms with E-state index in [1.807, 2.05) is 0 Å². The highest BCUT2D eigenvalue weighted by Crippen LogP contribution is 2.32. The fraction of sp³-hybridized carbons (Fsp3) is 0.111. The van der Waals surface area contributed by atoms with Crippen LogP contribution in [0, 0.1) is 0 Å². The molecule has 0 aliphatic carbocycles. The molecule has 37 heavy (non-hydrogen) atoms. The summed E-state index contributed by atoms with van der Waals surface area (Å²) >= 11 is 11.9. The SMILES string of the molecule is CC(OC(=O)c1c(-c2ccc(Cl)cc2)c2ccccc2c(=O)n1C)C(=O)Nc1ccc(Cl)c(C(=O)O)c1. The quantitative estimate of drug-likeness (QED) is 0.318. The molecule has 10 heteroatoms. The number of hydrogen-bond acceptors (Lipinski definition) is 5. The molecule has 188 valence electrons. The van der Waals surface area contributed by atoms with E-state index in [1.165, 1.54) is 36.7 Å². The number of esters is 1. The largest absolute Gasteiger partial charge is 0.478 e. The number of benzene rings is 3. The molecule has 1 unspecified atom stereocenters. The molecule has 0 bridgehead atoms. The molecule has 0 radical (unpaired) electrons. The van der Waals surface area contributed by atoms with Crippen molar-refractivity contribution in [1.82, 2.24) is 4.57 Å². The number of carboxylic acids is 1. The predicted octanol–water partition coefficient (Wildman–Crippen LogP) is 5.39. The first-order chi connectivity index (χ1) is 17.6. The average molecular weight is 539 g/mol. The topological polar surface area (TPSA) is 115 Å². The standard InChI is InChI=1S/C27H20Cl2N2O6/c1-14(24(32)30-17-11-12-21(29)20(13-17)26(34)35)37-27(36)23-22(15-7-9-16(28)10-8-15)18-5-3-4-6-19(18)25(33)31(23)2/h3-14H,1-2H3,(H,30,32)(H,34,35). The van der Waals surface area contributed by atoms with Gasteiger partial charge in [0.05, 0.1) is 10.6 Å². The molecule has 0 fully saturated rings. The van der Waals surface area contributed by atoms with E-state index in [0.29, 0.717) is 26.9 Å². The Morgan fingerprint density at radius 1 is 0.973 bits per heavy atom. The van der Waals surface area contributed by atoms with E-state index < -0.39 is 29.5 Å². The van der Waals surface area contributed by atoms with Crippen LogP contribution in [0.2, 0.25) is 10.0 Å². The number of aromatic carboxylic acids is 1. The van der Waals surface area contributed by atoms with Gasteiger partial charge in [0.15, 0.2) is 6.10 Å². The lowest BCUT2D eigenvalue weighted by Crippen LogP contribution is -2.33. The van der Waals surface area contributed by atoms with E-state index >= 15 is 0 Å². The zero-order chi connectivity index (χ0) is 26.9. The van der Waals surface area contributed by atoms with Crippen LogP contribution in [0.4, 0.5) is 5.69 Å². The minimum atomic E-state index is -1.28. The van der Waals surface area contributed by atoms with Gasteiger partial charge in [-0.05, 0) is 54.3 Å². The molecule has 1 atom stereocenters. The molecule has 2 N–H and O–H groups in total. The van der Waals surface area contributed by atoms with Gasteiger partial charge in [0.1, 0.15) is 5.69 Å². The molecule has 0 aliphatic rings. The second-order valence-corrected chi connectivity index (χ2v) is 9.02. The summed E-state index contributed by atoms with van der Waals surface area (Å²) in [7, 11) is 1.46. The lowest BCUT2D eigenvalue weighted by atomic mass is 9.96. The van der Waals surface area contributed by atoms with Crippen LogP contribution in [-0.2, 0) is 16.6 Å². The maximum atomic E-state index is 13.4. The summed E-state index contributed by atoms with van der Waals surface area (Å²) in [5, 5.41) is 13.2. The van der Waals surface area contributed by atoms with Gasteiger partial charge in [-0.15, -0.1) is 0 Å². The van der Waals surface area contributed by atoms with Gasteiger partial charge in [-0.2, -0.15) is 0 Å². The van der Waals surface area contributed by atoms with Crippen LogP contribution in [0.1, 0.15) is 27.8 Å². The lowest BCUT2D eigenvalue weighted by Gasteiger charge is -2.19. The molecule has 1 amide bonds. The summed E-state index contributed by atoms with van der Waals surface area (Å²) in [6.07, 6.45) is -1.28. The molecule has 0 saturated heterocycles. The maximum absolute atomic E-state index is 13.4. The van der Waals surface area contributed by atoms with Gasteiger partial charge in [0, 0.05) is 28.7 Å². The van der Waals surface area contributed by atoms with Crippen LogP contribution in [0.3, 0.4) is 0 Å². The van der Waals surface area contributed by atoms with Crippen LogP contribution < -0.4 is 10.9 Å². The highest BCUT2D eigenvalue weighted by molar-refractivity contribution is 6.33. The van der Waals surface area contributed by atoms with Crippen molar-refractivity contribution in [3.63, 3.8) is 0 Å². The van der Waals surface area contributed by atoms with Crippen molar-refractivity contribution in [2.24, 2.45) is 7.05 Å². The van der Waals surface area contributed by atoms with Gasteiger partial charge in [-0.1, -0.05) is 53.5 Å². The second kappa shape index (κ2) is 10.5. The van der Waals surface area contributed by atoms with E-state index in [9.17, 15) is 24.3 Å². The van der Waals surface area contributed by atoms with Crippen LogP contribution in [0.5, 0.6) is 0 Å². The molecular formula is C27H20Cl2N2O6. The van der Waals surface area contributed by atoms with Crippen molar-refractivity contribution < 1.29 is 24.2 Å². The third kappa shape index (κ3) is 5.21. The van der Waals surface area contributed by atoms with E-state index in [2.05, 4.69) is 5.32 Å². The summed E-state index contributed by atoms with van der Waals surface area (Å²) in [5.74, 6) is -2.85. The van der Waals surface area contributed by atoms with Crippen molar-refractivity contribution in [1.29, 1.82) is 0 Å². The summed E-state index contributed by atoms with van der Waals surface area (Å²) in [6.45, 7) is 1.36. The molecule has 4 rings (SSSR count). The van der Waals surface area contributed by atoms with Gasteiger partial charge in [0.25, 0.3) is 11.5 Å². The van der Waals surface area contributed by atoms with Crippen LogP contribution >= 0.6 is 23.2 Å². The maximum Gasteiger partial charge on any atom is 0.356 e. The number of rotatable bonds is 6. The van der Waals surface area contributed by atoms with Gasteiger partial charge in [-0.25, -0.2) is 9.59 Å². The number of nitrogens with one attached hydrogen (secondary N) is 1. The molecular weight excluding hydrogens is 519 g/mol. The average Bonchev–Trinajstić information content (AvgIpc) is 2.87. The number of halogens is 2. The number of carbonyl (C=O) groups is 3. The number of fused-ring (bicyclic) bond motifs is 1. The molecule has 0 aliphatic heterocycles. The van der Waals surface area contributed by atoms with Crippen molar-refractivity contribution in [2.45, 2.75) is 13.0 Å². The fourth-order valence-corrected chi connectivity index (χ4v) is 4.22. The number of aromatic nitrogens is 1. The Balaban J connectivity index is 1.70. The molecule has 4 aromatic rings. The number of hydrogen-bond donors (Lipinski definition) is 2. The highest BCUT2D eigenvalue weighted by Gasteiger charge is 2.26. The zero-order valence-electron chi connectivity index (χ0n) is 19.6. The van der Waals surface area contributed by atoms with Crippen molar-refractivity contribution in [3.05, 3.63) is 98.4 Å². The molecule has 0 saturated carbocycles. The highest BCUT2D eigenvalue weighted by atomic mass is 35.5. The first kappa shape index (κ1) is 25.9. The summed E-state index contributed by atoms with van der Waals surface area (Å²) in [5.41, 5.74) is 0.612. The smallest absolute Gasteiger partial charge is 0.356 e. The van der Waals surface area contributed by atoms with Gasteiger partial charge in [-0.3, -0.25) is 9.59 Å². The number of amides is 1. The van der Waals surface area contributed by atoms with E-state index in [1.54, 1.807) is 48.5 Å². The first-order valence-corrected chi connectivity index (χ1v) is 11.8. The summed E-state index contributed by atoms with van der Waals surface area (Å²) < 4.78 is 6.66. The third-order valence-electron chi connectivity index (χ3n) is 5.75. The summed E-state index contributed by atoms with van der Waals surface area (Å²) in [6, 6.07) is 17.6. The number of anilines is 1. The van der Waals surface area contributed by atoms with Crippen molar-refractivity contribution >= 4 is 57.5 Å². The van der Waals surface area contributed by atoms with Crippen molar-refractivity contribution in [3.8, 4) is 11.1 Å². The van der Waals surface area contributed by atoms with E-state index in [0.717, 1.165) is 0 Å². The Hall–Kier alpha value is -4.14. The van der Waals surface area contributed by atoms with Gasteiger partial charge < -0.3 is 19.7 Å². The van der Waals surface area contributed by atoms with E-state index in [-0.39, 0.29) is 22.0 Å². The first-order valence-electron chi connectivity index (χ1n) is 11.0. The Morgan fingerprint density at radius 3 is 2.27 bits per heavy atom. The Labute approximate surface area is 221 Å². The molecule has 3 aromatic carbocycles. The number of nitrogens with zero attached hydrogens (tertiary/aromatic N) is 1. The van der Waals surface area contributed by atoms with Gasteiger partial charge >= 0.3 is 11.9 Å². The Kier molecular flexibility index (Phi) is 7.33. The van der Waals surface area contributed by atoms with Crippen molar-refractivity contribution in [2.75, 3.05) is 5.32 Å². The number of carboxylic acid groups (broad SMARTS) is 1. The fourth-order valence-electron chi connectivity index (χ4n) is 3.89. The minimum absolute atomic E-state index is 0.0110. The minimum Gasteiger partial charge on any atom is -0.478 e. The Morgan fingerprint density at radius 2 is 1.62 bits per heavy atom. The third-order valence-corrected chi connectivity index (χ3v) is 6.33. The van der Waals surface area contributed by atoms with Crippen LogP contribution in [-0.4, -0.2) is 33.6 Å². The Bertz CT molecular complexity index is 1610. The molecule has 1 aromatic heterocycles. The predicted molar refractivity (Wildman–Crippen MR) is 142 cm³/mol. The van der Waals surface area contributed by atoms with E-state index in [4.69, 9.17) is 27.9 Å². The number of carbonyl (C=O) groups excluding carboxylic acids is 2. The second-order valence-electron chi connectivity index (χ2n) is 8.18. The zero-order valence-corrected chi connectivity index (χ0v) is 21.1. The number of ether oxygens (including phenoxy) is 1. The summed E-state index contributed by atoms with van der Waals surface area (Å²) in [4.78, 5) is 50.5. The lowest BCUT2D eigenvalue weighted by molar-refractivity contribution is -0.123. The monoisotopic (exact) mass is 538 g/mol. The molecule has 0 spiro atoms. The molecule has 8 nitrogen and oxygen atoms in total. The van der Waals surface area contributed by atoms with Crippen LogP contribution in [0.15, 0.2) is 71.5 Å². The number of pyridine rings is 1.